The van der Waals surface area contributed by atoms with Crippen LogP contribution in [0.15, 0.2) is 114 Å². The second kappa shape index (κ2) is 14.4. The van der Waals surface area contributed by atoms with Crippen molar-refractivity contribution in [2.75, 3.05) is 7.11 Å². The number of amides is 1. The molecular weight excluding hydrogens is 500 g/mol. The third-order valence-corrected chi connectivity index (χ3v) is 6.49. The van der Waals surface area contributed by atoms with Crippen LogP contribution < -0.4 is 5.32 Å². The lowest BCUT2D eigenvalue weighted by Crippen LogP contribution is -2.30. The average Bonchev–Trinajstić information content (AvgIpc) is 3.02. The van der Waals surface area contributed by atoms with Crippen LogP contribution >= 0.6 is 0 Å². The van der Waals surface area contributed by atoms with Crippen molar-refractivity contribution in [2.45, 2.75) is 38.8 Å². The molecule has 0 saturated heterocycles. The van der Waals surface area contributed by atoms with Gasteiger partial charge < -0.3 is 9.47 Å². The van der Waals surface area contributed by atoms with Gasteiger partial charge in [-0.15, -0.1) is 0 Å². The Hall–Kier alpha value is -4.71. The minimum Gasteiger partial charge on any atom is -0.453 e. The fourth-order valence-electron chi connectivity index (χ4n) is 4.34. The van der Waals surface area contributed by atoms with Crippen LogP contribution in [0.4, 0.5) is 4.79 Å². The number of aliphatic imine (C=N–C) groups is 1. The molecule has 0 radical (unpaired) electrons. The van der Waals surface area contributed by atoms with E-state index in [1.807, 2.05) is 103 Å². The summed E-state index contributed by atoms with van der Waals surface area (Å²) in [5.74, 6) is 0.216. The van der Waals surface area contributed by atoms with E-state index in [9.17, 15) is 9.59 Å². The van der Waals surface area contributed by atoms with E-state index in [1.54, 1.807) is 6.07 Å². The average molecular weight is 535 g/mol. The van der Waals surface area contributed by atoms with Gasteiger partial charge in [-0.05, 0) is 40.3 Å². The molecule has 1 N–H and O–H groups in total. The highest BCUT2D eigenvalue weighted by Gasteiger charge is 2.22. The third kappa shape index (κ3) is 7.67. The van der Waals surface area contributed by atoms with Crippen LogP contribution in [0.5, 0.6) is 0 Å². The smallest absolute Gasteiger partial charge is 0.412 e. The van der Waals surface area contributed by atoms with Gasteiger partial charge in [0.05, 0.1) is 19.2 Å². The van der Waals surface area contributed by atoms with Gasteiger partial charge >= 0.3 is 12.1 Å². The van der Waals surface area contributed by atoms with Crippen molar-refractivity contribution in [3.8, 4) is 11.1 Å². The quantitative estimate of drug-likeness (QED) is 0.128. The first-order valence-electron chi connectivity index (χ1n) is 13.5. The van der Waals surface area contributed by atoms with E-state index in [2.05, 4.69) is 17.2 Å². The number of esters is 1. The molecule has 0 bridgehead atoms. The molecule has 6 heteroatoms. The Morgan fingerprint density at radius 2 is 1.40 bits per heavy atom. The van der Waals surface area contributed by atoms with Crippen molar-refractivity contribution in [1.82, 2.24) is 5.32 Å². The number of amidine groups is 1. The molecule has 204 valence electrons. The number of hydrogen-bond donors (Lipinski definition) is 1. The van der Waals surface area contributed by atoms with E-state index in [0.717, 1.165) is 40.7 Å². The summed E-state index contributed by atoms with van der Waals surface area (Å²) in [6.45, 7) is 2.51. The van der Waals surface area contributed by atoms with Crippen molar-refractivity contribution in [1.29, 1.82) is 0 Å². The zero-order chi connectivity index (χ0) is 28.2. The summed E-state index contributed by atoms with van der Waals surface area (Å²) in [4.78, 5) is 29.8. The predicted octanol–water partition coefficient (Wildman–Crippen LogP) is 7.74. The summed E-state index contributed by atoms with van der Waals surface area (Å²) in [6, 6.07) is 34.9. The van der Waals surface area contributed by atoms with Crippen molar-refractivity contribution in [3.63, 3.8) is 0 Å². The summed E-state index contributed by atoms with van der Waals surface area (Å²) in [5, 5.41) is 2.71. The zero-order valence-electron chi connectivity index (χ0n) is 22.9. The van der Waals surface area contributed by atoms with Crippen molar-refractivity contribution >= 4 is 17.9 Å². The van der Waals surface area contributed by atoms with Gasteiger partial charge in [-0.3, -0.25) is 10.3 Å². The molecule has 4 aromatic carbocycles. The molecule has 0 aliphatic rings. The van der Waals surface area contributed by atoms with Crippen molar-refractivity contribution in [2.24, 2.45) is 4.99 Å². The highest BCUT2D eigenvalue weighted by molar-refractivity contribution is 5.97. The SMILES string of the molecule is CCCCC(=NCc1ccc(-c2ccccc2C(=O)OC(c2ccccc2)c2ccccc2)cc1)NC(=O)OC. The van der Waals surface area contributed by atoms with Gasteiger partial charge in [0.1, 0.15) is 5.84 Å². The number of carbonyl (C=O) groups is 2. The van der Waals surface area contributed by atoms with Gasteiger partial charge in [0.15, 0.2) is 6.10 Å². The molecule has 0 aliphatic heterocycles. The number of nitrogens with one attached hydrogen (secondary N) is 1. The number of nitrogens with zero attached hydrogens (tertiary/aromatic N) is 1. The number of ether oxygens (including phenoxy) is 2. The molecule has 40 heavy (non-hydrogen) atoms. The summed E-state index contributed by atoms with van der Waals surface area (Å²) in [7, 11) is 1.34. The Kier molecular flexibility index (Phi) is 10.2. The number of methoxy groups -OCH3 is 1. The molecule has 0 saturated carbocycles. The lowest BCUT2D eigenvalue weighted by Gasteiger charge is -2.20. The maximum Gasteiger partial charge on any atom is 0.412 e. The van der Waals surface area contributed by atoms with Gasteiger partial charge in [0.25, 0.3) is 0 Å². The highest BCUT2D eigenvalue weighted by atomic mass is 16.5. The Labute approximate surface area is 235 Å². The molecule has 6 nitrogen and oxygen atoms in total. The molecule has 0 unspecified atom stereocenters. The second-order valence-electron chi connectivity index (χ2n) is 9.33. The van der Waals surface area contributed by atoms with Crippen molar-refractivity contribution < 1.29 is 19.1 Å². The fourth-order valence-corrected chi connectivity index (χ4v) is 4.34. The second-order valence-corrected chi connectivity index (χ2v) is 9.33. The lowest BCUT2D eigenvalue weighted by molar-refractivity contribution is 0.0379. The summed E-state index contributed by atoms with van der Waals surface area (Å²) < 4.78 is 10.8. The molecule has 0 atom stereocenters. The molecule has 0 fully saturated rings. The first-order chi connectivity index (χ1) is 19.6. The van der Waals surface area contributed by atoms with Crippen LogP contribution in [0.25, 0.3) is 11.1 Å². The molecule has 0 aromatic heterocycles. The van der Waals surface area contributed by atoms with Gasteiger partial charge in [-0.25, -0.2) is 9.59 Å². The number of hydrogen-bond acceptors (Lipinski definition) is 5. The highest BCUT2D eigenvalue weighted by Crippen LogP contribution is 2.30. The largest absolute Gasteiger partial charge is 0.453 e. The van der Waals surface area contributed by atoms with E-state index >= 15 is 0 Å². The van der Waals surface area contributed by atoms with Crippen LogP contribution in [-0.4, -0.2) is 25.0 Å². The van der Waals surface area contributed by atoms with Crippen LogP contribution in [0, 0.1) is 0 Å². The fraction of sp³-hybridized carbons (Fsp3) is 0.206. The van der Waals surface area contributed by atoms with Gasteiger partial charge in [0.2, 0.25) is 0 Å². The predicted molar refractivity (Wildman–Crippen MR) is 158 cm³/mol. The topological polar surface area (TPSA) is 77.0 Å². The maximum atomic E-state index is 13.6. The minimum absolute atomic E-state index is 0.392. The van der Waals surface area contributed by atoms with Crippen LogP contribution in [0.2, 0.25) is 0 Å². The number of rotatable bonds is 10. The Balaban J connectivity index is 1.54. The number of unbranched alkanes of at least 4 members (excludes halogenated alkanes) is 1. The minimum atomic E-state index is -0.524. The third-order valence-electron chi connectivity index (χ3n) is 6.49. The van der Waals surface area contributed by atoms with Crippen LogP contribution in [0.3, 0.4) is 0 Å². The van der Waals surface area contributed by atoms with Crippen LogP contribution in [-0.2, 0) is 16.0 Å². The zero-order valence-corrected chi connectivity index (χ0v) is 22.9. The number of alkyl carbamates (subject to hydrolysis) is 1. The molecule has 0 aliphatic carbocycles. The lowest BCUT2D eigenvalue weighted by atomic mass is 9.98. The number of carbonyl (C=O) groups excluding carboxylic acids is 2. The maximum absolute atomic E-state index is 13.6. The summed E-state index contributed by atoms with van der Waals surface area (Å²) in [6.07, 6.45) is 1.55. The summed E-state index contributed by atoms with van der Waals surface area (Å²) in [5.41, 5.74) is 4.98. The first kappa shape index (κ1) is 28.3. The molecular formula is C34H34N2O4. The van der Waals surface area contributed by atoms with E-state index in [-0.39, 0.29) is 0 Å². The molecule has 0 spiro atoms. The molecule has 4 rings (SSSR count). The van der Waals surface area contributed by atoms with Gasteiger partial charge in [-0.2, -0.15) is 0 Å². The van der Waals surface area contributed by atoms with E-state index < -0.39 is 18.2 Å². The molecule has 4 aromatic rings. The standard InChI is InChI=1S/C34H34N2O4/c1-3-4-19-31(36-34(38)39-2)35-24-25-20-22-26(23-21-25)29-17-11-12-18-30(29)33(37)40-32(27-13-7-5-8-14-27)28-15-9-6-10-16-28/h5-18,20-23,32H,3-4,19,24H2,1-2H3,(H,35,36,38). The Morgan fingerprint density at radius 3 is 2.00 bits per heavy atom. The van der Waals surface area contributed by atoms with Crippen LogP contribution in [0.1, 0.15) is 59.3 Å². The molecule has 1 amide bonds. The normalized spacial score (nSPS) is 11.2. The summed E-state index contributed by atoms with van der Waals surface area (Å²) >= 11 is 0. The Bertz CT molecular complexity index is 1380. The number of benzene rings is 4. The van der Waals surface area contributed by atoms with E-state index in [0.29, 0.717) is 24.4 Å². The van der Waals surface area contributed by atoms with Crippen molar-refractivity contribution in [3.05, 3.63) is 131 Å². The Morgan fingerprint density at radius 1 is 0.800 bits per heavy atom. The van der Waals surface area contributed by atoms with E-state index in [1.165, 1.54) is 7.11 Å². The molecule has 0 heterocycles. The monoisotopic (exact) mass is 534 g/mol. The first-order valence-corrected chi connectivity index (χ1v) is 13.5. The van der Waals surface area contributed by atoms with Gasteiger partial charge in [-0.1, -0.05) is 116 Å². The van der Waals surface area contributed by atoms with E-state index in [4.69, 9.17) is 9.47 Å². The van der Waals surface area contributed by atoms with Gasteiger partial charge in [0, 0.05) is 6.42 Å².